The van der Waals surface area contributed by atoms with Crippen LogP contribution in [0.5, 0.6) is 0 Å². The summed E-state index contributed by atoms with van der Waals surface area (Å²) in [5, 5.41) is 1.15. The number of halogens is 1. The summed E-state index contributed by atoms with van der Waals surface area (Å²) in [6.07, 6.45) is 1.54. The molecule has 17 heavy (non-hydrogen) atoms. The topological polar surface area (TPSA) is 37.4 Å². The Morgan fingerprint density at radius 1 is 1.18 bits per heavy atom. The van der Waals surface area contributed by atoms with E-state index in [1.165, 1.54) is 12.1 Å². The molecule has 0 heterocycles. The predicted molar refractivity (Wildman–Crippen MR) is 65.6 cm³/mol. The molecule has 1 aromatic rings. The lowest BCUT2D eigenvalue weighted by Crippen LogP contribution is -2.15. The summed E-state index contributed by atoms with van der Waals surface area (Å²) in [6, 6.07) is 4.80. The summed E-state index contributed by atoms with van der Waals surface area (Å²) in [4.78, 5) is 1.96. The van der Waals surface area contributed by atoms with E-state index in [0.717, 1.165) is 30.6 Å². The molecular weight excluding hydrogens is 241 g/mol. The molecule has 0 aromatic heterocycles. The van der Waals surface area contributed by atoms with E-state index in [-0.39, 0.29) is 4.90 Å². The van der Waals surface area contributed by atoms with E-state index in [4.69, 9.17) is 0 Å². The van der Waals surface area contributed by atoms with Crippen molar-refractivity contribution >= 4 is 9.84 Å². The Kier molecular flexibility index (Phi) is 4.69. The van der Waals surface area contributed by atoms with Gasteiger partial charge in [-0.1, -0.05) is 0 Å². The molecule has 0 N–H and O–H groups in total. The molecule has 1 rings (SSSR count). The van der Waals surface area contributed by atoms with E-state index in [1.54, 1.807) is 6.20 Å². The number of sulfone groups is 1. The van der Waals surface area contributed by atoms with Gasteiger partial charge in [-0.05, 0) is 38.1 Å². The van der Waals surface area contributed by atoms with Crippen LogP contribution in [-0.2, 0) is 9.84 Å². The molecule has 0 amide bonds. The largest absolute Gasteiger partial charge is 0.377 e. The first-order valence-corrected chi connectivity index (χ1v) is 6.97. The molecule has 0 saturated heterocycles. The molecular formula is C12H16FNO2S. The number of benzene rings is 1. The summed E-state index contributed by atoms with van der Waals surface area (Å²) in [6.45, 7) is 5.37. The van der Waals surface area contributed by atoms with Crippen LogP contribution in [0, 0.1) is 5.82 Å². The van der Waals surface area contributed by atoms with Crippen molar-refractivity contribution in [1.29, 1.82) is 0 Å². The highest BCUT2D eigenvalue weighted by Gasteiger charge is 2.10. The van der Waals surface area contributed by atoms with Crippen LogP contribution < -0.4 is 0 Å². The zero-order chi connectivity index (χ0) is 12.9. The third-order valence-electron chi connectivity index (χ3n) is 2.41. The quantitative estimate of drug-likeness (QED) is 0.760. The molecule has 5 heteroatoms. The van der Waals surface area contributed by atoms with Crippen LogP contribution in [0.4, 0.5) is 4.39 Å². The fourth-order valence-corrected chi connectivity index (χ4v) is 2.31. The lowest BCUT2D eigenvalue weighted by molar-refractivity contribution is 0.419. The summed E-state index contributed by atoms with van der Waals surface area (Å²) >= 11 is 0. The van der Waals surface area contributed by atoms with Crippen molar-refractivity contribution in [2.75, 3.05) is 13.1 Å². The average molecular weight is 257 g/mol. The Bertz CT molecular complexity index is 476. The molecule has 0 fully saturated rings. The van der Waals surface area contributed by atoms with Crippen LogP contribution in [0.15, 0.2) is 40.8 Å². The summed E-state index contributed by atoms with van der Waals surface area (Å²) in [5.74, 6) is -0.448. The molecule has 0 atom stereocenters. The number of rotatable bonds is 5. The molecule has 3 nitrogen and oxygen atoms in total. The van der Waals surface area contributed by atoms with Gasteiger partial charge in [-0.15, -0.1) is 0 Å². The molecule has 0 unspecified atom stereocenters. The molecule has 0 aliphatic carbocycles. The van der Waals surface area contributed by atoms with Crippen molar-refractivity contribution in [3.05, 3.63) is 41.7 Å². The van der Waals surface area contributed by atoms with E-state index in [9.17, 15) is 12.8 Å². The predicted octanol–water partition coefficient (Wildman–Crippen LogP) is 2.41. The van der Waals surface area contributed by atoms with Gasteiger partial charge in [-0.2, -0.15) is 0 Å². The Morgan fingerprint density at radius 2 is 1.71 bits per heavy atom. The highest BCUT2D eigenvalue weighted by molar-refractivity contribution is 7.94. The van der Waals surface area contributed by atoms with Crippen molar-refractivity contribution in [3.8, 4) is 0 Å². The number of hydrogen-bond acceptors (Lipinski definition) is 3. The molecule has 1 aromatic carbocycles. The average Bonchev–Trinajstić information content (AvgIpc) is 2.31. The Hall–Kier alpha value is -1.36. The lowest BCUT2D eigenvalue weighted by atomic mass is 10.4. The van der Waals surface area contributed by atoms with Crippen LogP contribution in [0.3, 0.4) is 0 Å². The zero-order valence-electron chi connectivity index (χ0n) is 9.93. The minimum atomic E-state index is -3.48. The maximum Gasteiger partial charge on any atom is 0.201 e. The maximum atomic E-state index is 12.7. The van der Waals surface area contributed by atoms with Crippen molar-refractivity contribution in [2.45, 2.75) is 18.7 Å². The zero-order valence-corrected chi connectivity index (χ0v) is 10.7. The second-order valence-corrected chi connectivity index (χ2v) is 5.34. The van der Waals surface area contributed by atoms with E-state index in [1.807, 2.05) is 18.7 Å². The smallest absolute Gasteiger partial charge is 0.201 e. The summed E-state index contributed by atoms with van der Waals surface area (Å²) in [5.41, 5.74) is 0. The van der Waals surface area contributed by atoms with Gasteiger partial charge in [-0.3, -0.25) is 0 Å². The fraction of sp³-hybridized carbons (Fsp3) is 0.333. The van der Waals surface area contributed by atoms with Crippen LogP contribution >= 0.6 is 0 Å². The maximum absolute atomic E-state index is 12.7. The van der Waals surface area contributed by atoms with Crippen LogP contribution in [0.2, 0.25) is 0 Å². The molecule has 0 radical (unpaired) electrons. The standard InChI is InChI=1S/C12H16FNO2S/c1-3-14(4-2)9-10-17(15,16)12-7-5-11(13)6-8-12/h5-10H,3-4H2,1-2H3/b10-9+. The van der Waals surface area contributed by atoms with Gasteiger partial charge in [0.25, 0.3) is 0 Å². The van der Waals surface area contributed by atoms with Crippen LogP contribution in [0.25, 0.3) is 0 Å². The van der Waals surface area contributed by atoms with Crippen molar-refractivity contribution in [1.82, 2.24) is 4.90 Å². The first-order valence-electron chi connectivity index (χ1n) is 5.42. The van der Waals surface area contributed by atoms with Crippen molar-refractivity contribution in [2.24, 2.45) is 0 Å². The molecule has 0 bridgehead atoms. The molecule has 0 aliphatic heterocycles. The first kappa shape index (κ1) is 13.7. The molecule has 0 aliphatic rings. The number of nitrogens with zero attached hydrogens (tertiary/aromatic N) is 1. The Labute approximate surface area is 101 Å². The van der Waals surface area contributed by atoms with Crippen LogP contribution in [-0.4, -0.2) is 26.4 Å². The highest BCUT2D eigenvalue weighted by atomic mass is 32.2. The normalized spacial score (nSPS) is 11.9. The van der Waals surface area contributed by atoms with Crippen molar-refractivity contribution < 1.29 is 12.8 Å². The van der Waals surface area contributed by atoms with E-state index in [2.05, 4.69) is 0 Å². The van der Waals surface area contributed by atoms with E-state index >= 15 is 0 Å². The molecule has 94 valence electrons. The third-order valence-corrected chi connectivity index (χ3v) is 3.81. The Morgan fingerprint density at radius 3 is 2.18 bits per heavy atom. The molecule has 0 spiro atoms. The fourth-order valence-electron chi connectivity index (χ4n) is 1.30. The van der Waals surface area contributed by atoms with E-state index in [0.29, 0.717) is 0 Å². The monoisotopic (exact) mass is 257 g/mol. The van der Waals surface area contributed by atoms with Gasteiger partial charge in [0.1, 0.15) is 5.82 Å². The second kappa shape index (κ2) is 5.82. The summed E-state index contributed by atoms with van der Waals surface area (Å²) in [7, 11) is -3.48. The van der Waals surface area contributed by atoms with Crippen LogP contribution in [0.1, 0.15) is 13.8 Å². The van der Waals surface area contributed by atoms with Gasteiger partial charge < -0.3 is 4.90 Å². The first-order chi connectivity index (χ1) is 7.99. The lowest BCUT2D eigenvalue weighted by Gasteiger charge is -2.14. The van der Waals surface area contributed by atoms with Gasteiger partial charge in [0.15, 0.2) is 0 Å². The minimum absolute atomic E-state index is 0.0994. The minimum Gasteiger partial charge on any atom is -0.377 e. The van der Waals surface area contributed by atoms with Gasteiger partial charge in [-0.25, -0.2) is 12.8 Å². The third kappa shape index (κ3) is 3.85. The molecule has 0 saturated carbocycles. The van der Waals surface area contributed by atoms with E-state index < -0.39 is 15.7 Å². The van der Waals surface area contributed by atoms with Gasteiger partial charge in [0.2, 0.25) is 9.84 Å². The second-order valence-electron chi connectivity index (χ2n) is 3.51. The van der Waals surface area contributed by atoms with Gasteiger partial charge >= 0.3 is 0 Å². The van der Waals surface area contributed by atoms with Crippen molar-refractivity contribution in [3.63, 3.8) is 0 Å². The summed E-state index contributed by atoms with van der Waals surface area (Å²) < 4.78 is 36.4. The number of hydrogen-bond donors (Lipinski definition) is 0. The van der Waals surface area contributed by atoms with Gasteiger partial charge in [0.05, 0.1) is 10.3 Å². The van der Waals surface area contributed by atoms with Gasteiger partial charge in [0, 0.05) is 19.3 Å². The SMILES string of the molecule is CCN(/C=C/S(=O)(=O)c1ccc(F)cc1)CC. The highest BCUT2D eigenvalue weighted by Crippen LogP contribution is 2.13. The Balaban J connectivity index is 2.92.